The second kappa shape index (κ2) is 9.66. The van der Waals surface area contributed by atoms with Gasteiger partial charge >= 0.3 is 11.6 Å². The highest BCUT2D eigenvalue weighted by atomic mass is 16.6. The molecule has 19 heavy (non-hydrogen) atoms. The van der Waals surface area contributed by atoms with Gasteiger partial charge in [-0.1, -0.05) is 45.4 Å². The number of hydrogen-bond donors (Lipinski definition) is 1. The van der Waals surface area contributed by atoms with Gasteiger partial charge in [-0.25, -0.2) is 0 Å². The number of nitrogens with zero attached hydrogens (tertiary/aromatic N) is 2. The Hall–Kier alpha value is -1.24. The minimum absolute atomic E-state index is 0.239. The Morgan fingerprint density at radius 3 is 2.05 bits per heavy atom. The van der Waals surface area contributed by atoms with Crippen molar-refractivity contribution in [3.8, 4) is 0 Å². The van der Waals surface area contributed by atoms with Crippen molar-refractivity contribution >= 4 is 0 Å². The quantitative estimate of drug-likeness (QED) is 0.340. The van der Waals surface area contributed by atoms with Crippen molar-refractivity contribution < 1.29 is 9.84 Å². The molecule has 0 radical (unpaired) electrons. The fraction of sp³-hybridized carbons (Fsp3) is 0.867. The number of aliphatic hydroxyl groups is 1. The third kappa shape index (κ3) is 10.4. The average Bonchev–Trinajstić information content (AvgIpc) is 2.30. The van der Waals surface area contributed by atoms with Gasteiger partial charge in [0.15, 0.2) is 4.98 Å². The molecule has 0 atom stereocenters. The minimum Gasteiger partial charge on any atom is -0.475 e. The maximum absolute atomic E-state index is 9.72. The van der Waals surface area contributed by atoms with Gasteiger partial charge < -0.3 is 9.84 Å². The van der Waals surface area contributed by atoms with Crippen molar-refractivity contribution in [2.24, 2.45) is 0 Å². The first-order valence-electron chi connectivity index (χ1n) is 7.37. The van der Waals surface area contributed by atoms with Crippen LogP contribution in [0.25, 0.3) is 4.98 Å². The second-order valence-electron chi connectivity index (χ2n) is 5.94. The summed E-state index contributed by atoms with van der Waals surface area (Å²) in [5.74, 6) is -0.263. The maximum atomic E-state index is 9.72. The number of hydrogen-bond acceptors (Lipinski definition) is 3. The fourth-order valence-corrected chi connectivity index (χ4v) is 1.80. The van der Waals surface area contributed by atoms with Crippen molar-refractivity contribution in [1.82, 2.24) is 0 Å². The Bertz CT molecular complexity index is 311. The SMILES string of the molecule is CCCCCCCCC/C([N+]#N)=C(/O)OC(C)(C)C. The van der Waals surface area contributed by atoms with E-state index in [2.05, 4.69) is 11.9 Å². The molecule has 0 aromatic rings. The molecule has 4 nitrogen and oxygen atoms in total. The molecule has 0 saturated carbocycles. The number of rotatable bonds is 9. The number of diazo groups is 1. The van der Waals surface area contributed by atoms with E-state index >= 15 is 0 Å². The summed E-state index contributed by atoms with van der Waals surface area (Å²) in [7, 11) is 0. The second-order valence-corrected chi connectivity index (χ2v) is 5.94. The van der Waals surface area contributed by atoms with E-state index in [0.29, 0.717) is 6.42 Å². The van der Waals surface area contributed by atoms with Crippen molar-refractivity contribution in [2.45, 2.75) is 84.7 Å². The molecule has 0 aliphatic heterocycles. The molecule has 0 aliphatic carbocycles. The van der Waals surface area contributed by atoms with Crippen molar-refractivity contribution in [3.05, 3.63) is 16.6 Å². The lowest BCUT2D eigenvalue weighted by Crippen LogP contribution is -2.19. The van der Waals surface area contributed by atoms with Crippen molar-refractivity contribution in [2.75, 3.05) is 0 Å². The first-order chi connectivity index (χ1) is 8.90. The van der Waals surface area contributed by atoms with Crippen molar-refractivity contribution in [1.29, 1.82) is 5.39 Å². The zero-order chi connectivity index (χ0) is 14.7. The third-order valence-corrected chi connectivity index (χ3v) is 2.79. The van der Waals surface area contributed by atoms with Crippen LogP contribution in [-0.2, 0) is 4.74 Å². The fourth-order valence-electron chi connectivity index (χ4n) is 1.80. The van der Waals surface area contributed by atoms with E-state index in [1.54, 1.807) is 0 Å². The molecule has 0 spiro atoms. The molecule has 4 heteroatoms. The molecule has 0 fully saturated rings. The molecule has 0 aliphatic rings. The van der Waals surface area contributed by atoms with Crippen LogP contribution in [0.4, 0.5) is 0 Å². The number of allylic oxidation sites excluding steroid dienone is 1. The lowest BCUT2D eigenvalue weighted by Gasteiger charge is -2.18. The van der Waals surface area contributed by atoms with E-state index in [0.717, 1.165) is 12.8 Å². The molecule has 0 bridgehead atoms. The molecule has 0 aromatic heterocycles. The van der Waals surface area contributed by atoms with Crippen LogP contribution in [0.2, 0.25) is 0 Å². The van der Waals surface area contributed by atoms with E-state index in [1.807, 2.05) is 20.8 Å². The molecule has 110 valence electrons. The van der Waals surface area contributed by atoms with Crippen LogP contribution in [0, 0.1) is 5.39 Å². The molecular formula is C15H29N2O2+. The predicted octanol–water partition coefficient (Wildman–Crippen LogP) is 5.52. The van der Waals surface area contributed by atoms with Crippen LogP contribution in [-0.4, -0.2) is 10.7 Å². The van der Waals surface area contributed by atoms with Gasteiger partial charge in [0.1, 0.15) is 5.60 Å². The monoisotopic (exact) mass is 269 g/mol. The van der Waals surface area contributed by atoms with Crippen LogP contribution in [0.5, 0.6) is 0 Å². The Kier molecular flexibility index (Phi) is 9.03. The van der Waals surface area contributed by atoms with Gasteiger partial charge in [0.05, 0.1) is 6.42 Å². The summed E-state index contributed by atoms with van der Waals surface area (Å²) >= 11 is 0. The molecule has 0 aromatic carbocycles. The largest absolute Gasteiger partial charge is 0.475 e. The van der Waals surface area contributed by atoms with Crippen LogP contribution in [0.3, 0.4) is 0 Å². The smallest absolute Gasteiger partial charge is 0.440 e. The Morgan fingerprint density at radius 1 is 1.05 bits per heavy atom. The summed E-state index contributed by atoms with van der Waals surface area (Å²) in [6, 6.07) is 0. The number of ether oxygens (including phenoxy) is 1. The van der Waals surface area contributed by atoms with Crippen LogP contribution in [0.15, 0.2) is 11.6 Å². The van der Waals surface area contributed by atoms with E-state index in [9.17, 15) is 5.11 Å². The van der Waals surface area contributed by atoms with E-state index in [1.165, 1.54) is 32.1 Å². The zero-order valence-corrected chi connectivity index (χ0v) is 12.9. The summed E-state index contributed by atoms with van der Waals surface area (Å²) in [5.41, 5.74) is -0.247. The summed E-state index contributed by atoms with van der Waals surface area (Å²) < 4.78 is 5.28. The number of unbranched alkanes of at least 4 members (excludes halogenated alkanes) is 6. The highest BCUT2D eigenvalue weighted by Crippen LogP contribution is 2.20. The third-order valence-electron chi connectivity index (χ3n) is 2.79. The molecule has 0 amide bonds. The number of aliphatic hydroxyl groups excluding tert-OH is 1. The van der Waals surface area contributed by atoms with Gasteiger partial charge in [-0.05, 0) is 27.2 Å². The minimum atomic E-state index is -0.486. The highest BCUT2D eigenvalue weighted by Gasteiger charge is 2.24. The molecule has 0 saturated heterocycles. The Balaban J connectivity index is 3.94. The molecule has 1 N–H and O–H groups in total. The van der Waals surface area contributed by atoms with E-state index in [-0.39, 0.29) is 11.6 Å². The van der Waals surface area contributed by atoms with Crippen LogP contribution in [0.1, 0.15) is 79.1 Å². The normalized spacial score (nSPS) is 12.8. The van der Waals surface area contributed by atoms with Crippen LogP contribution >= 0.6 is 0 Å². The maximum Gasteiger partial charge on any atom is 0.440 e. The van der Waals surface area contributed by atoms with Gasteiger partial charge in [0, 0.05) is 0 Å². The average molecular weight is 269 g/mol. The molecular weight excluding hydrogens is 240 g/mol. The topological polar surface area (TPSA) is 57.6 Å². The lowest BCUT2D eigenvalue weighted by molar-refractivity contribution is -0.0172. The Morgan fingerprint density at radius 2 is 1.58 bits per heavy atom. The molecule has 0 unspecified atom stereocenters. The lowest BCUT2D eigenvalue weighted by atomic mass is 10.1. The first-order valence-corrected chi connectivity index (χ1v) is 7.37. The summed E-state index contributed by atoms with van der Waals surface area (Å²) in [4.78, 5) is 3.12. The summed E-state index contributed by atoms with van der Waals surface area (Å²) in [6.45, 7) is 7.72. The Labute approximate surface area is 117 Å². The molecule has 0 rings (SSSR count). The van der Waals surface area contributed by atoms with Gasteiger partial charge in [-0.2, -0.15) is 0 Å². The van der Waals surface area contributed by atoms with E-state index in [4.69, 9.17) is 10.1 Å². The van der Waals surface area contributed by atoms with Gasteiger partial charge in [-0.3, -0.25) is 0 Å². The van der Waals surface area contributed by atoms with Gasteiger partial charge in [0.2, 0.25) is 5.39 Å². The van der Waals surface area contributed by atoms with Gasteiger partial charge in [-0.15, -0.1) is 0 Å². The van der Waals surface area contributed by atoms with Crippen molar-refractivity contribution in [3.63, 3.8) is 0 Å². The summed E-state index contributed by atoms with van der Waals surface area (Å²) in [5, 5.41) is 18.6. The van der Waals surface area contributed by atoms with Crippen LogP contribution < -0.4 is 0 Å². The predicted molar refractivity (Wildman–Crippen MR) is 78.2 cm³/mol. The van der Waals surface area contributed by atoms with E-state index < -0.39 is 5.60 Å². The zero-order valence-electron chi connectivity index (χ0n) is 12.9. The first kappa shape index (κ1) is 17.8. The summed E-state index contributed by atoms with van der Waals surface area (Å²) in [6.07, 6.45) is 8.85. The standard InChI is InChI=1S/C15H28N2O2/c1-5-6-7-8-9-10-11-12-13(17-16)14(18)19-15(2,3)4/h5-12H2,1-4H3/p+1/b14-13+. The highest BCUT2D eigenvalue weighted by molar-refractivity contribution is 5.09. The molecule has 0 heterocycles. The van der Waals surface area contributed by atoms with Gasteiger partial charge in [0.25, 0.3) is 0 Å².